The molecule has 0 amide bonds. The maximum absolute atomic E-state index is 10.6. The van der Waals surface area contributed by atoms with Gasteiger partial charge in [0, 0.05) is 12.6 Å². The fraction of sp³-hybridized carbons (Fsp3) is 1.00. The Kier molecular flexibility index (Phi) is 2.86. The Morgan fingerprint density at radius 2 is 2.09 bits per heavy atom. The molecular weight excluding hydrogens is 166 g/mol. The first-order valence-corrected chi connectivity index (χ1v) is 4.78. The van der Waals surface area contributed by atoms with E-state index in [-0.39, 0.29) is 12.1 Å². The normalized spacial score (nSPS) is 34.5. The van der Waals surface area contributed by atoms with Gasteiger partial charge in [0.2, 0.25) is 10.9 Å². The fourth-order valence-corrected chi connectivity index (χ4v) is 1.88. The molecule has 1 aliphatic heterocycles. The van der Waals surface area contributed by atoms with Crippen LogP contribution >= 0.6 is 0 Å². The van der Waals surface area contributed by atoms with Crippen molar-refractivity contribution in [2.75, 3.05) is 13.2 Å². The zero-order chi connectivity index (χ0) is 8.43. The molecule has 1 aliphatic rings. The Labute approximate surface area is 68.2 Å². The smallest absolute Gasteiger partial charge is 0.204 e. The first-order valence-electron chi connectivity index (χ1n) is 3.65. The summed E-state index contributed by atoms with van der Waals surface area (Å²) in [6.45, 7) is 4.74. The molecule has 0 aromatic heterocycles. The zero-order valence-corrected chi connectivity index (χ0v) is 7.58. The van der Waals surface area contributed by atoms with Gasteiger partial charge >= 0.3 is 0 Å². The van der Waals surface area contributed by atoms with Crippen molar-refractivity contribution in [2.24, 2.45) is 0 Å². The first kappa shape index (κ1) is 8.96. The van der Waals surface area contributed by atoms with Crippen LogP contribution < -0.4 is 0 Å². The molecular formula is C6H13NO3S. The second-order valence-electron chi connectivity index (χ2n) is 2.72. The van der Waals surface area contributed by atoms with Crippen molar-refractivity contribution in [1.29, 1.82) is 0 Å². The van der Waals surface area contributed by atoms with Gasteiger partial charge in [-0.15, -0.1) is 0 Å². The van der Waals surface area contributed by atoms with Gasteiger partial charge < -0.3 is 4.74 Å². The van der Waals surface area contributed by atoms with E-state index in [1.807, 2.05) is 13.8 Å². The van der Waals surface area contributed by atoms with E-state index < -0.39 is 10.9 Å². The van der Waals surface area contributed by atoms with Gasteiger partial charge in [-0.25, -0.2) is 8.42 Å². The molecule has 11 heavy (non-hydrogen) atoms. The highest BCUT2D eigenvalue weighted by molar-refractivity contribution is 7.69. The van der Waals surface area contributed by atoms with E-state index >= 15 is 0 Å². The van der Waals surface area contributed by atoms with Crippen LogP contribution in [0, 0.1) is 0 Å². The van der Waals surface area contributed by atoms with Gasteiger partial charge in [-0.05, 0) is 13.8 Å². The minimum Gasteiger partial charge on any atom is -0.375 e. The van der Waals surface area contributed by atoms with Crippen LogP contribution in [-0.4, -0.2) is 38.0 Å². The van der Waals surface area contributed by atoms with Gasteiger partial charge in [0.05, 0.1) is 12.7 Å². The van der Waals surface area contributed by atoms with Crippen LogP contribution in [0.15, 0.2) is 0 Å². The van der Waals surface area contributed by atoms with Gasteiger partial charge in [-0.3, -0.25) is 0 Å². The van der Waals surface area contributed by atoms with Gasteiger partial charge in [0.25, 0.3) is 0 Å². The molecule has 1 heterocycles. The van der Waals surface area contributed by atoms with E-state index in [2.05, 4.69) is 0 Å². The number of rotatable bonds is 1. The molecule has 66 valence electrons. The van der Waals surface area contributed by atoms with Crippen molar-refractivity contribution in [2.45, 2.75) is 26.0 Å². The fourth-order valence-electron chi connectivity index (χ4n) is 1.15. The Hall–Kier alpha value is -0.130. The molecule has 0 saturated carbocycles. The summed E-state index contributed by atoms with van der Waals surface area (Å²) in [5.41, 5.74) is 0. The average molecular weight is 179 g/mol. The lowest BCUT2D eigenvalue weighted by Crippen LogP contribution is -2.47. The summed E-state index contributed by atoms with van der Waals surface area (Å²) in [4.78, 5) is 0. The SMILES string of the molecule is CC1OCCN([SH](=O)=O)C1C. The molecule has 0 N–H and O–H groups in total. The van der Waals surface area contributed by atoms with Gasteiger partial charge in [-0.2, -0.15) is 4.31 Å². The monoisotopic (exact) mass is 179 g/mol. The topological polar surface area (TPSA) is 46.6 Å². The Morgan fingerprint density at radius 3 is 2.55 bits per heavy atom. The van der Waals surface area contributed by atoms with Crippen LogP contribution in [0.25, 0.3) is 0 Å². The van der Waals surface area contributed by atoms with Crippen molar-refractivity contribution in [3.63, 3.8) is 0 Å². The third kappa shape index (κ3) is 1.91. The minimum atomic E-state index is -2.43. The highest BCUT2D eigenvalue weighted by atomic mass is 32.2. The van der Waals surface area contributed by atoms with Crippen molar-refractivity contribution >= 4 is 10.9 Å². The van der Waals surface area contributed by atoms with Crippen LogP contribution in [0.3, 0.4) is 0 Å². The molecule has 2 atom stereocenters. The minimum absolute atomic E-state index is 0.0108. The second-order valence-corrected chi connectivity index (χ2v) is 3.71. The van der Waals surface area contributed by atoms with Crippen molar-refractivity contribution in [3.05, 3.63) is 0 Å². The Balaban J connectivity index is 2.65. The third-order valence-corrected chi connectivity index (χ3v) is 3.04. The van der Waals surface area contributed by atoms with Gasteiger partial charge in [-0.1, -0.05) is 0 Å². The predicted molar refractivity (Wildman–Crippen MR) is 41.9 cm³/mol. The van der Waals surface area contributed by atoms with Gasteiger partial charge in [0.15, 0.2) is 0 Å². The van der Waals surface area contributed by atoms with Crippen LogP contribution in [0.4, 0.5) is 0 Å². The highest BCUT2D eigenvalue weighted by Crippen LogP contribution is 2.12. The van der Waals surface area contributed by atoms with Crippen LogP contribution in [0.2, 0.25) is 0 Å². The molecule has 0 aliphatic carbocycles. The highest BCUT2D eigenvalue weighted by Gasteiger charge is 2.26. The molecule has 0 aromatic rings. The summed E-state index contributed by atoms with van der Waals surface area (Å²) in [5, 5.41) is 0. The standard InChI is InChI=1S/C6H13NO3S/c1-5-6(2)10-4-3-7(5)11(8)9/h5-6,11H,3-4H2,1-2H3. The zero-order valence-electron chi connectivity index (χ0n) is 6.69. The molecule has 0 spiro atoms. The van der Waals surface area contributed by atoms with E-state index in [4.69, 9.17) is 4.74 Å². The summed E-state index contributed by atoms with van der Waals surface area (Å²) in [6.07, 6.45) is 0.0108. The molecule has 5 heteroatoms. The molecule has 1 rings (SSSR count). The van der Waals surface area contributed by atoms with Crippen molar-refractivity contribution in [1.82, 2.24) is 4.31 Å². The largest absolute Gasteiger partial charge is 0.375 e. The lowest BCUT2D eigenvalue weighted by atomic mass is 10.2. The van der Waals surface area contributed by atoms with Crippen LogP contribution in [0.1, 0.15) is 13.8 Å². The van der Waals surface area contributed by atoms with Crippen LogP contribution in [0.5, 0.6) is 0 Å². The number of morpholine rings is 1. The molecule has 0 radical (unpaired) electrons. The van der Waals surface area contributed by atoms with E-state index in [0.717, 1.165) is 0 Å². The molecule has 4 nitrogen and oxygen atoms in total. The summed E-state index contributed by atoms with van der Waals surface area (Å²) in [5.74, 6) is 0. The Morgan fingerprint density at radius 1 is 1.45 bits per heavy atom. The van der Waals surface area contributed by atoms with E-state index in [1.54, 1.807) is 0 Å². The maximum Gasteiger partial charge on any atom is 0.204 e. The number of ether oxygens (including phenoxy) is 1. The molecule has 0 bridgehead atoms. The predicted octanol–water partition coefficient (Wildman–Crippen LogP) is -0.378. The average Bonchev–Trinajstić information content (AvgIpc) is 1.94. The molecule has 0 aromatic carbocycles. The Bertz CT molecular complexity index is 196. The first-order chi connectivity index (χ1) is 5.13. The molecule has 2 unspecified atom stereocenters. The summed E-state index contributed by atoms with van der Waals surface area (Å²) >= 11 is 0. The van der Waals surface area contributed by atoms with Crippen molar-refractivity contribution in [3.8, 4) is 0 Å². The summed E-state index contributed by atoms with van der Waals surface area (Å²) in [6, 6.07) is -0.0233. The maximum atomic E-state index is 10.6. The van der Waals surface area contributed by atoms with E-state index in [1.165, 1.54) is 4.31 Å². The summed E-state index contributed by atoms with van der Waals surface area (Å²) in [7, 11) is -2.43. The summed E-state index contributed by atoms with van der Waals surface area (Å²) < 4.78 is 27.9. The molecule has 1 fully saturated rings. The van der Waals surface area contributed by atoms with Gasteiger partial charge in [0.1, 0.15) is 0 Å². The lowest BCUT2D eigenvalue weighted by Gasteiger charge is -2.33. The van der Waals surface area contributed by atoms with Crippen LogP contribution in [-0.2, 0) is 15.6 Å². The quantitative estimate of drug-likeness (QED) is 0.558. The molecule has 1 saturated heterocycles. The van der Waals surface area contributed by atoms with E-state index in [0.29, 0.717) is 13.2 Å². The number of hydrogen-bond donors (Lipinski definition) is 1. The third-order valence-electron chi connectivity index (χ3n) is 2.06. The number of hydrogen-bond acceptors (Lipinski definition) is 3. The number of nitrogens with zero attached hydrogens (tertiary/aromatic N) is 1. The lowest BCUT2D eigenvalue weighted by molar-refractivity contribution is -0.0219. The number of thiol groups is 1. The van der Waals surface area contributed by atoms with Crippen molar-refractivity contribution < 1.29 is 13.2 Å². The second kappa shape index (κ2) is 3.51. The van der Waals surface area contributed by atoms with E-state index in [9.17, 15) is 8.42 Å².